The molecule has 0 saturated heterocycles. The lowest BCUT2D eigenvalue weighted by molar-refractivity contribution is 0.231. The molecular weight excluding hydrogens is 200 g/mol. The van der Waals surface area contributed by atoms with Crippen molar-refractivity contribution in [2.75, 3.05) is 19.7 Å². The van der Waals surface area contributed by atoms with E-state index in [9.17, 15) is 0 Å². The normalized spacial score (nSPS) is 14.9. The molecular formula is C13H24N2O. The Balaban J connectivity index is 0.00000112. The molecule has 0 N–H and O–H groups in total. The Bertz CT molecular complexity index is 326. The van der Waals surface area contributed by atoms with E-state index in [1.165, 1.54) is 11.1 Å². The lowest BCUT2D eigenvalue weighted by Crippen LogP contribution is -2.25. The number of nitrogens with zero attached hydrogens (tertiary/aromatic N) is 2. The quantitative estimate of drug-likeness (QED) is 0.733. The molecule has 1 aromatic heterocycles. The predicted molar refractivity (Wildman–Crippen MR) is 68.9 cm³/mol. The maximum atomic E-state index is 5.61. The monoisotopic (exact) mass is 224 g/mol. The topological polar surface area (TPSA) is 25.4 Å². The van der Waals surface area contributed by atoms with Crippen LogP contribution in [-0.4, -0.2) is 29.6 Å². The number of fused-ring (bicyclic) bond motifs is 1. The summed E-state index contributed by atoms with van der Waals surface area (Å²) in [6.07, 6.45) is 1.82. The summed E-state index contributed by atoms with van der Waals surface area (Å²) in [6.45, 7) is 8.06. The largest absolute Gasteiger partial charge is 0.476 e. The van der Waals surface area contributed by atoms with Gasteiger partial charge in [-0.1, -0.05) is 21.8 Å². The number of hydrogen-bond acceptors (Lipinski definition) is 3. The van der Waals surface area contributed by atoms with Gasteiger partial charge in [0.15, 0.2) is 0 Å². The third-order valence-corrected chi connectivity index (χ3v) is 2.73. The molecule has 0 spiro atoms. The highest BCUT2D eigenvalue weighted by Crippen LogP contribution is 2.22. The van der Waals surface area contributed by atoms with E-state index in [1.807, 2.05) is 12.3 Å². The maximum absolute atomic E-state index is 5.61. The van der Waals surface area contributed by atoms with Crippen LogP contribution in [0, 0.1) is 6.92 Å². The van der Waals surface area contributed by atoms with Gasteiger partial charge in [-0.05, 0) is 25.1 Å². The van der Waals surface area contributed by atoms with E-state index in [1.54, 1.807) is 0 Å². The molecule has 0 aromatic carbocycles. The molecule has 3 nitrogen and oxygen atoms in total. The summed E-state index contributed by atoms with van der Waals surface area (Å²) >= 11 is 0. The van der Waals surface area contributed by atoms with Crippen LogP contribution in [0.4, 0.5) is 0 Å². The van der Waals surface area contributed by atoms with Gasteiger partial charge in [0.25, 0.3) is 0 Å². The number of aromatic nitrogens is 1. The van der Waals surface area contributed by atoms with Crippen molar-refractivity contribution in [3.63, 3.8) is 0 Å². The second-order valence-electron chi connectivity index (χ2n) is 3.63. The average Bonchev–Trinajstić information content (AvgIpc) is 2.40. The molecule has 2 heterocycles. The summed E-state index contributed by atoms with van der Waals surface area (Å²) < 4.78 is 5.61. The zero-order chi connectivity index (χ0) is 9.97. The molecule has 0 aliphatic carbocycles. The first-order chi connectivity index (χ1) is 6.81. The molecule has 1 aliphatic rings. The van der Waals surface area contributed by atoms with Gasteiger partial charge in [0.05, 0.1) is 0 Å². The van der Waals surface area contributed by atoms with Crippen LogP contribution in [0.5, 0.6) is 5.88 Å². The number of ether oxygens (including phenoxy) is 1. The van der Waals surface area contributed by atoms with E-state index >= 15 is 0 Å². The van der Waals surface area contributed by atoms with Gasteiger partial charge in [-0.25, -0.2) is 4.98 Å². The van der Waals surface area contributed by atoms with Crippen molar-refractivity contribution < 1.29 is 4.74 Å². The molecule has 0 fully saturated rings. The van der Waals surface area contributed by atoms with Crippen LogP contribution in [0.1, 0.15) is 32.9 Å². The lowest BCUT2D eigenvalue weighted by Gasteiger charge is -2.16. The molecule has 0 amide bonds. The van der Waals surface area contributed by atoms with Gasteiger partial charge in [0, 0.05) is 24.8 Å². The van der Waals surface area contributed by atoms with Crippen molar-refractivity contribution in [2.24, 2.45) is 0 Å². The second-order valence-corrected chi connectivity index (χ2v) is 3.63. The van der Waals surface area contributed by atoms with Gasteiger partial charge < -0.3 is 4.74 Å². The number of pyridine rings is 1. The molecule has 1 aliphatic heterocycles. The highest BCUT2D eigenvalue weighted by atomic mass is 16.5. The fraction of sp³-hybridized carbons (Fsp3) is 0.615. The van der Waals surface area contributed by atoms with Gasteiger partial charge in [-0.2, -0.15) is 0 Å². The summed E-state index contributed by atoms with van der Waals surface area (Å²) in [5, 5.41) is 0. The first-order valence-corrected chi connectivity index (χ1v) is 5.11. The molecule has 0 bridgehead atoms. The van der Waals surface area contributed by atoms with Gasteiger partial charge in [0.2, 0.25) is 5.88 Å². The molecule has 0 unspecified atom stereocenters. The summed E-state index contributed by atoms with van der Waals surface area (Å²) in [5.41, 5.74) is 2.52. The van der Waals surface area contributed by atoms with Gasteiger partial charge in [-0.15, -0.1) is 0 Å². The van der Waals surface area contributed by atoms with Crippen LogP contribution in [0.15, 0.2) is 12.3 Å². The van der Waals surface area contributed by atoms with Crippen LogP contribution >= 0.6 is 0 Å². The number of aryl methyl sites for hydroxylation is 1. The predicted octanol–water partition coefficient (Wildman–Crippen LogP) is 2.88. The lowest BCUT2D eigenvalue weighted by atomic mass is 10.1. The molecule has 1 aromatic rings. The minimum Gasteiger partial charge on any atom is -0.476 e. The third kappa shape index (κ3) is 2.95. The van der Waals surface area contributed by atoms with Gasteiger partial charge in [0.1, 0.15) is 6.61 Å². The van der Waals surface area contributed by atoms with Crippen LogP contribution in [0.2, 0.25) is 0 Å². The summed E-state index contributed by atoms with van der Waals surface area (Å²) in [6, 6.07) is 2.04. The minimum absolute atomic E-state index is 0. The number of likely N-dealkylation sites (N-methyl/N-ethyl adjacent to an activating group) is 1. The van der Waals surface area contributed by atoms with Crippen molar-refractivity contribution in [3.05, 3.63) is 23.4 Å². The zero-order valence-corrected chi connectivity index (χ0v) is 8.79. The minimum atomic E-state index is 0. The van der Waals surface area contributed by atoms with Crippen molar-refractivity contribution >= 4 is 0 Å². The van der Waals surface area contributed by atoms with Crippen LogP contribution < -0.4 is 4.74 Å². The highest BCUT2D eigenvalue weighted by Gasteiger charge is 2.16. The smallest absolute Gasteiger partial charge is 0.218 e. The molecule has 0 saturated carbocycles. The van der Waals surface area contributed by atoms with Crippen LogP contribution in [-0.2, 0) is 6.54 Å². The average molecular weight is 224 g/mol. The van der Waals surface area contributed by atoms with Crippen molar-refractivity contribution in [3.8, 4) is 5.88 Å². The van der Waals surface area contributed by atoms with Crippen molar-refractivity contribution in [1.29, 1.82) is 0 Å². The molecule has 0 radical (unpaired) electrons. The Morgan fingerprint density at radius 2 is 2.19 bits per heavy atom. The first kappa shape index (κ1) is 14.9. The molecule has 3 heteroatoms. The molecule has 2 rings (SSSR count). The summed E-state index contributed by atoms with van der Waals surface area (Å²) in [5.74, 6) is 0.820. The van der Waals surface area contributed by atoms with Crippen molar-refractivity contribution in [2.45, 2.75) is 35.2 Å². The highest BCUT2D eigenvalue weighted by molar-refractivity contribution is 5.33. The number of hydrogen-bond donors (Lipinski definition) is 0. The second kappa shape index (κ2) is 6.48. The van der Waals surface area contributed by atoms with E-state index < -0.39 is 0 Å². The Labute approximate surface area is 99.4 Å². The first-order valence-electron chi connectivity index (χ1n) is 5.11. The standard InChI is InChI=1S/C11H16N2O.2CH4/c1-3-13-6-7-14-11-10(8-13)9(2)4-5-12-11;;/h4-5H,3,6-8H2,1-2H3;2*1H4. The maximum Gasteiger partial charge on any atom is 0.218 e. The van der Waals surface area contributed by atoms with E-state index in [2.05, 4.69) is 23.7 Å². The van der Waals surface area contributed by atoms with Gasteiger partial charge >= 0.3 is 0 Å². The summed E-state index contributed by atoms with van der Waals surface area (Å²) in [7, 11) is 0. The fourth-order valence-electron chi connectivity index (χ4n) is 1.72. The van der Waals surface area contributed by atoms with E-state index in [0.29, 0.717) is 0 Å². The summed E-state index contributed by atoms with van der Waals surface area (Å²) in [4.78, 5) is 6.64. The number of rotatable bonds is 1. The Hall–Kier alpha value is -1.09. The van der Waals surface area contributed by atoms with E-state index in [0.717, 1.165) is 32.1 Å². The SMILES string of the molecule is C.C.CCN1CCOc2nccc(C)c2C1. The fourth-order valence-corrected chi connectivity index (χ4v) is 1.72. The zero-order valence-electron chi connectivity index (χ0n) is 8.79. The van der Waals surface area contributed by atoms with Gasteiger partial charge in [-0.3, -0.25) is 4.90 Å². The van der Waals surface area contributed by atoms with Crippen LogP contribution in [0.25, 0.3) is 0 Å². The van der Waals surface area contributed by atoms with E-state index in [4.69, 9.17) is 4.74 Å². The van der Waals surface area contributed by atoms with Crippen LogP contribution in [0.3, 0.4) is 0 Å². The van der Waals surface area contributed by atoms with E-state index in [-0.39, 0.29) is 14.9 Å². The Morgan fingerprint density at radius 3 is 2.88 bits per heavy atom. The molecule has 0 atom stereocenters. The molecule has 16 heavy (non-hydrogen) atoms. The third-order valence-electron chi connectivity index (χ3n) is 2.73. The van der Waals surface area contributed by atoms with Crippen molar-refractivity contribution in [1.82, 2.24) is 9.88 Å². The Morgan fingerprint density at radius 1 is 1.44 bits per heavy atom. The Kier molecular flexibility index (Phi) is 6.04. The molecule has 92 valence electrons.